The number of ether oxygens (including phenoxy) is 1. The minimum absolute atomic E-state index is 0.0518. The molecular formula is C28H45N3O4S. The molecule has 0 aromatic carbocycles. The van der Waals surface area contributed by atoms with E-state index in [1.165, 1.54) is 32.1 Å². The molecule has 36 heavy (non-hydrogen) atoms. The van der Waals surface area contributed by atoms with Gasteiger partial charge in [-0.1, -0.05) is 34.1 Å². The smallest absolute Gasteiger partial charge is 0.268 e. The number of carbonyl (C=O) groups is 2. The topological polar surface area (TPSA) is 93.5 Å². The first kappa shape index (κ1) is 27.5. The number of fused-ring (bicyclic) bond motifs is 1. The molecule has 8 heteroatoms. The number of hydrogen-bond donors (Lipinski definition) is 2. The molecule has 2 bridgehead atoms. The fourth-order valence-corrected chi connectivity index (χ4v) is 7.81. The Bertz CT molecular complexity index is 961. The van der Waals surface area contributed by atoms with Crippen LogP contribution in [0.3, 0.4) is 0 Å². The molecule has 202 valence electrons. The van der Waals surface area contributed by atoms with Gasteiger partial charge in [-0.15, -0.1) is 11.8 Å². The fourth-order valence-electron chi connectivity index (χ4n) is 6.90. The Morgan fingerprint density at radius 1 is 1.19 bits per heavy atom. The van der Waals surface area contributed by atoms with Gasteiger partial charge in [0, 0.05) is 24.3 Å². The molecule has 6 unspecified atom stereocenters. The lowest BCUT2D eigenvalue weighted by Crippen LogP contribution is -2.42. The molecule has 3 saturated carbocycles. The van der Waals surface area contributed by atoms with Gasteiger partial charge in [-0.05, 0) is 80.8 Å². The summed E-state index contributed by atoms with van der Waals surface area (Å²) in [4.78, 5) is 27.1. The fraction of sp³-hybridized carbons (Fsp3) is 0.821. The number of likely N-dealkylation sites (N-methyl/N-ethyl adjacent to an activating group) is 1. The van der Waals surface area contributed by atoms with Gasteiger partial charge in [0.05, 0.1) is 5.41 Å². The van der Waals surface area contributed by atoms with Crippen molar-refractivity contribution in [3.63, 3.8) is 0 Å². The first-order valence-electron chi connectivity index (χ1n) is 13.8. The Labute approximate surface area is 220 Å². The normalized spacial score (nSPS) is 30.0. The van der Waals surface area contributed by atoms with Crippen LogP contribution in [0.4, 0.5) is 0 Å². The number of hydrogen-bond acceptors (Lipinski definition) is 7. The molecule has 0 aliphatic heterocycles. The summed E-state index contributed by atoms with van der Waals surface area (Å²) in [6.45, 7) is 13.8. The van der Waals surface area contributed by atoms with E-state index in [-0.39, 0.29) is 29.5 Å². The number of amides is 1. The first-order chi connectivity index (χ1) is 17.0. The zero-order valence-corrected chi connectivity index (χ0v) is 23.9. The highest BCUT2D eigenvalue weighted by Crippen LogP contribution is 2.74. The number of aromatic nitrogens is 1. The van der Waals surface area contributed by atoms with E-state index in [0.29, 0.717) is 52.8 Å². The van der Waals surface area contributed by atoms with Crippen LogP contribution >= 0.6 is 11.8 Å². The van der Waals surface area contributed by atoms with Crippen LogP contribution in [0.1, 0.15) is 84.2 Å². The van der Waals surface area contributed by atoms with Gasteiger partial charge in [0.25, 0.3) is 5.88 Å². The lowest BCUT2D eigenvalue weighted by molar-refractivity contribution is -0.130. The minimum atomic E-state index is -0.749. The van der Waals surface area contributed by atoms with Crippen molar-refractivity contribution in [2.45, 2.75) is 83.8 Å². The van der Waals surface area contributed by atoms with Crippen LogP contribution in [0.15, 0.2) is 9.42 Å². The molecule has 1 aromatic rings. The lowest BCUT2D eigenvalue weighted by atomic mass is 9.76. The minimum Gasteiger partial charge on any atom is -0.474 e. The maximum absolute atomic E-state index is 13.8. The third kappa shape index (κ3) is 5.50. The number of rotatable bonds is 12. The summed E-state index contributed by atoms with van der Waals surface area (Å²) in [6.07, 6.45) is 6.45. The highest BCUT2D eigenvalue weighted by atomic mass is 32.2. The van der Waals surface area contributed by atoms with E-state index in [2.05, 4.69) is 43.5 Å². The molecule has 1 heterocycles. The predicted octanol–water partition coefficient (Wildman–Crippen LogP) is 5.20. The summed E-state index contributed by atoms with van der Waals surface area (Å²) < 4.78 is 11.7. The molecule has 3 fully saturated rings. The average Bonchev–Trinajstić information content (AvgIpc) is 3.24. The third-order valence-corrected chi connectivity index (χ3v) is 9.82. The summed E-state index contributed by atoms with van der Waals surface area (Å²) in [5, 5.41) is 10.4. The monoisotopic (exact) mass is 519 g/mol. The summed E-state index contributed by atoms with van der Waals surface area (Å²) in [6, 6.07) is 0. The predicted molar refractivity (Wildman–Crippen MR) is 142 cm³/mol. The molecule has 7 nitrogen and oxygen atoms in total. The molecule has 3 aliphatic rings. The van der Waals surface area contributed by atoms with Crippen molar-refractivity contribution in [2.24, 2.45) is 40.4 Å². The molecule has 2 N–H and O–H groups in total. The van der Waals surface area contributed by atoms with Gasteiger partial charge in [0.2, 0.25) is 17.5 Å². The molecule has 1 spiro atoms. The Morgan fingerprint density at radius 3 is 2.64 bits per heavy atom. The second-order valence-electron chi connectivity index (χ2n) is 12.6. The maximum Gasteiger partial charge on any atom is 0.268 e. The zero-order valence-electron chi connectivity index (χ0n) is 23.1. The number of ketones is 1. The highest BCUT2D eigenvalue weighted by Gasteiger charge is 2.67. The standard InChI is InChI=1S/C28H45N3O4S/c1-16(2)36-24-23(35-31-25(24)34-15-27(5,6)26(33)30-11-10-29-7)22(32)18(4)21-19-9-8-17(3)12-28(13-19)14-20(21)28/h16-21,29H,8-15H2,1-7H3,(H,30,33). The molecule has 0 radical (unpaired) electrons. The van der Waals surface area contributed by atoms with E-state index in [9.17, 15) is 9.59 Å². The summed E-state index contributed by atoms with van der Waals surface area (Å²) in [5.41, 5.74) is -0.245. The highest BCUT2D eigenvalue weighted by molar-refractivity contribution is 8.00. The van der Waals surface area contributed by atoms with Crippen LogP contribution in [0.5, 0.6) is 5.88 Å². The van der Waals surface area contributed by atoms with Crippen LogP contribution in [0.2, 0.25) is 0 Å². The molecule has 1 aromatic heterocycles. The Hall–Kier alpha value is -1.54. The third-order valence-electron chi connectivity index (χ3n) is 8.75. The summed E-state index contributed by atoms with van der Waals surface area (Å²) in [5.74, 6) is 3.12. The molecule has 3 aliphatic carbocycles. The van der Waals surface area contributed by atoms with Gasteiger partial charge in [0.1, 0.15) is 11.5 Å². The summed E-state index contributed by atoms with van der Waals surface area (Å²) >= 11 is 1.54. The largest absolute Gasteiger partial charge is 0.474 e. The van der Waals surface area contributed by atoms with E-state index in [1.54, 1.807) is 11.8 Å². The Kier molecular flexibility index (Phi) is 8.15. The quantitative estimate of drug-likeness (QED) is 0.223. The van der Waals surface area contributed by atoms with Gasteiger partial charge >= 0.3 is 0 Å². The number of nitrogens with one attached hydrogen (secondary N) is 2. The Balaban J connectivity index is 1.47. The number of carbonyl (C=O) groups excluding carboxylic acids is 2. The molecule has 4 rings (SSSR count). The van der Waals surface area contributed by atoms with E-state index in [4.69, 9.17) is 9.26 Å². The van der Waals surface area contributed by atoms with E-state index >= 15 is 0 Å². The van der Waals surface area contributed by atoms with E-state index in [0.717, 1.165) is 5.92 Å². The van der Waals surface area contributed by atoms with Gasteiger partial charge in [-0.25, -0.2) is 0 Å². The van der Waals surface area contributed by atoms with Crippen molar-refractivity contribution in [3.8, 4) is 5.88 Å². The number of thioether (sulfide) groups is 1. The van der Waals surface area contributed by atoms with Crippen LogP contribution in [0, 0.1) is 40.4 Å². The van der Waals surface area contributed by atoms with E-state index < -0.39 is 5.41 Å². The second kappa shape index (κ2) is 10.7. The van der Waals surface area contributed by atoms with Crippen molar-refractivity contribution >= 4 is 23.5 Å². The van der Waals surface area contributed by atoms with Gasteiger partial charge in [-0.2, -0.15) is 0 Å². The molecular weight excluding hydrogens is 474 g/mol. The number of Topliss-reactive ketones (excluding diaryl/α,β-unsaturated/α-hetero) is 1. The van der Waals surface area contributed by atoms with Gasteiger partial charge < -0.3 is 19.9 Å². The second-order valence-corrected chi connectivity index (χ2v) is 14.2. The average molecular weight is 520 g/mol. The van der Waals surface area contributed by atoms with Crippen LogP contribution < -0.4 is 15.4 Å². The number of nitrogens with zero attached hydrogens (tertiary/aromatic N) is 1. The molecule has 0 saturated heterocycles. The maximum atomic E-state index is 13.8. The van der Waals surface area contributed by atoms with Crippen LogP contribution in [-0.2, 0) is 4.79 Å². The van der Waals surface area contributed by atoms with Crippen LogP contribution in [-0.4, -0.2) is 48.8 Å². The lowest BCUT2D eigenvalue weighted by Gasteiger charge is -2.27. The molecule has 6 atom stereocenters. The van der Waals surface area contributed by atoms with Crippen molar-refractivity contribution in [1.82, 2.24) is 15.8 Å². The Morgan fingerprint density at radius 2 is 1.94 bits per heavy atom. The summed E-state index contributed by atoms with van der Waals surface area (Å²) in [7, 11) is 1.85. The van der Waals surface area contributed by atoms with E-state index in [1.807, 2.05) is 20.9 Å². The van der Waals surface area contributed by atoms with Crippen LogP contribution in [0.25, 0.3) is 0 Å². The SMILES string of the molecule is CNCCNC(=O)C(C)(C)COc1noc(C(=O)C(C)C2C3CCC(C)CC4(C3)CC24)c1SC(C)C. The first-order valence-corrected chi connectivity index (χ1v) is 14.6. The van der Waals surface area contributed by atoms with Crippen molar-refractivity contribution in [1.29, 1.82) is 0 Å². The van der Waals surface area contributed by atoms with Gasteiger partial charge in [-0.3, -0.25) is 9.59 Å². The van der Waals surface area contributed by atoms with Crippen molar-refractivity contribution < 1.29 is 18.8 Å². The van der Waals surface area contributed by atoms with Gasteiger partial charge in [0.15, 0.2) is 0 Å². The van der Waals surface area contributed by atoms with Crippen molar-refractivity contribution in [2.75, 3.05) is 26.7 Å². The molecule has 1 amide bonds. The van der Waals surface area contributed by atoms with Crippen molar-refractivity contribution in [3.05, 3.63) is 5.76 Å². The zero-order chi connectivity index (χ0) is 26.3.